The fraction of sp³-hybridized carbons (Fsp3) is 0.200. The molecule has 8 nitrogen and oxygen atoms in total. The van der Waals surface area contributed by atoms with Crippen LogP contribution in [-0.2, 0) is 4.79 Å². The quantitative estimate of drug-likeness (QED) is 0.427. The molecule has 1 aliphatic heterocycles. The van der Waals surface area contributed by atoms with Crippen molar-refractivity contribution in [1.29, 1.82) is 0 Å². The van der Waals surface area contributed by atoms with Crippen molar-refractivity contribution in [2.45, 2.75) is 18.4 Å². The third-order valence-corrected chi connectivity index (χ3v) is 5.84. The second-order valence-electron chi connectivity index (χ2n) is 8.33. The van der Waals surface area contributed by atoms with Gasteiger partial charge in [0.1, 0.15) is 29.3 Å². The average molecular weight is 476 g/mol. The lowest BCUT2D eigenvalue weighted by atomic mass is 10.0. The standard InChI is InChI=1S/C25H22F2N6O2/c1-2-20(34)32-13-17(12-25(26,27)14-32)33-24-21(23(28)29-15-30-24)22(31-33)16-8-10-19(11-9-16)35-18-6-4-3-5-7-18/h2-11,15,17H,1,12-14H2,(H2,28,29,30)/t17-/m1/s1. The average Bonchev–Trinajstić information content (AvgIpc) is 3.25. The van der Waals surface area contributed by atoms with E-state index < -0.39 is 30.8 Å². The van der Waals surface area contributed by atoms with Crippen LogP contribution >= 0.6 is 0 Å². The monoisotopic (exact) mass is 476 g/mol. The number of hydrogen-bond acceptors (Lipinski definition) is 6. The summed E-state index contributed by atoms with van der Waals surface area (Å²) in [6.07, 6.45) is 1.81. The Morgan fingerprint density at radius 1 is 1.11 bits per heavy atom. The topological polar surface area (TPSA) is 99.2 Å². The number of nitrogens with zero attached hydrogens (tertiary/aromatic N) is 5. The molecule has 0 aliphatic carbocycles. The molecule has 10 heteroatoms. The molecule has 2 aromatic carbocycles. The number of carbonyl (C=O) groups is 1. The third kappa shape index (κ3) is 4.42. The van der Waals surface area contributed by atoms with Crippen LogP contribution < -0.4 is 10.5 Å². The van der Waals surface area contributed by atoms with E-state index in [9.17, 15) is 13.6 Å². The van der Waals surface area contributed by atoms with Crippen LogP contribution in [0.1, 0.15) is 12.5 Å². The van der Waals surface area contributed by atoms with Gasteiger partial charge in [-0.15, -0.1) is 0 Å². The highest BCUT2D eigenvalue weighted by molar-refractivity contribution is 5.98. The first kappa shape index (κ1) is 22.5. The van der Waals surface area contributed by atoms with Crippen molar-refractivity contribution in [2.75, 3.05) is 18.8 Å². The van der Waals surface area contributed by atoms with E-state index in [1.807, 2.05) is 30.3 Å². The first-order valence-corrected chi connectivity index (χ1v) is 11.0. The summed E-state index contributed by atoms with van der Waals surface area (Å²) in [5.74, 6) is -2.14. The molecule has 1 fully saturated rings. The van der Waals surface area contributed by atoms with Gasteiger partial charge in [-0.25, -0.2) is 23.4 Å². The molecule has 4 aromatic rings. The third-order valence-electron chi connectivity index (χ3n) is 5.84. The molecule has 0 bridgehead atoms. The molecule has 1 atom stereocenters. The van der Waals surface area contributed by atoms with E-state index in [0.717, 1.165) is 11.0 Å². The van der Waals surface area contributed by atoms with E-state index >= 15 is 0 Å². The molecule has 3 heterocycles. The Bertz CT molecular complexity index is 1390. The number of hydrogen-bond donors (Lipinski definition) is 1. The number of anilines is 1. The highest BCUT2D eigenvalue weighted by Crippen LogP contribution is 2.38. The van der Waals surface area contributed by atoms with Gasteiger partial charge in [-0.05, 0) is 42.5 Å². The van der Waals surface area contributed by atoms with Gasteiger partial charge in [-0.1, -0.05) is 24.8 Å². The molecule has 1 amide bonds. The summed E-state index contributed by atoms with van der Waals surface area (Å²) in [7, 11) is 0. The highest BCUT2D eigenvalue weighted by Gasteiger charge is 2.43. The number of carbonyl (C=O) groups excluding carboxylic acids is 1. The fourth-order valence-electron chi connectivity index (χ4n) is 4.29. The van der Waals surface area contributed by atoms with Crippen molar-refractivity contribution >= 4 is 22.8 Å². The lowest BCUT2D eigenvalue weighted by molar-refractivity contribution is -0.140. The number of aromatic nitrogens is 4. The maximum Gasteiger partial charge on any atom is 0.267 e. The number of para-hydroxylation sites is 1. The normalized spacial score (nSPS) is 17.3. The lowest BCUT2D eigenvalue weighted by Crippen LogP contribution is -2.49. The zero-order valence-corrected chi connectivity index (χ0v) is 18.6. The summed E-state index contributed by atoms with van der Waals surface area (Å²) in [4.78, 5) is 21.6. The van der Waals surface area contributed by atoms with E-state index in [4.69, 9.17) is 10.5 Å². The minimum absolute atomic E-state index is 0.0461. The summed E-state index contributed by atoms with van der Waals surface area (Å²) in [6.45, 7) is 2.79. The zero-order valence-electron chi connectivity index (χ0n) is 18.6. The molecular formula is C25H22F2N6O2. The predicted octanol–water partition coefficient (Wildman–Crippen LogP) is 4.46. The molecule has 1 aliphatic rings. The Hall–Kier alpha value is -4.34. The van der Waals surface area contributed by atoms with Gasteiger partial charge in [-0.3, -0.25) is 4.79 Å². The molecule has 178 valence electrons. The molecular weight excluding hydrogens is 454 g/mol. The second kappa shape index (κ2) is 8.79. The molecule has 0 radical (unpaired) electrons. The van der Waals surface area contributed by atoms with Gasteiger partial charge in [0, 0.05) is 18.5 Å². The molecule has 35 heavy (non-hydrogen) atoms. The molecule has 5 rings (SSSR count). The van der Waals surface area contributed by atoms with Crippen molar-refractivity contribution < 1.29 is 18.3 Å². The number of nitrogens with two attached hydrogens (primary N) is 1. The van der Waals surface area contributed by atoms with Crippen LogP contribution in [-0.4, -0.2) is 49.6 Å². The van der Waals surface area contributed by atoms with Gasteiger partial charge in [0.25, 0.3) is 5.92 Å². The number of halogens is 2. The van der Waals surface area contributed by atoms with Crippen molar-refractivity contribution in [3.05, 3.63) is 73.6 Å². The Morgan fingerprint density at radius 3 is 2.54 bits per heavy atom. The number of fused-ring (bicyclic) bond motifs is 1. The maximum absolute atomic E-state index is 14.6. The summed E-state index contributed by atoms with van der Waals surface area (Å²) >= 11 is 0. The molecule has 1 saturated heterocycles. The molecule has 2 aromatic heterocycles. The van der Waals surface area contributed by atoms with Crippen LogP contribution in [0.5, 0.6) is 11.5 Å². The van der Waals surface area contributed by atoms with E-state index in [2.05, 4.69) is 21.6 Å². The largest absolute Gasteiger partial charge is 0.457 e. The second-order valence-corrected chi connectivity index (χ2v) is 8.33. The van der Waals surface area contributed by atoms with Crippen molar-refractivity contribution in [1.82, 2.24) is 24.6 Å². The number of alkyl halides is 2. The van der Waals surface area contributed by atoms with Crippen molar-refractivity contribution in [2.24, 2.45) is 0 Å². The van der Waals surface area contributed by atoms with Gasteiger partial charge in [0.15, 0.2) is 5.65 Å². The minimum Gasteiger partial charge on any atom is -0.457 e. The summed E-state index contributed by atoms with van der Waals surface area (Å²) in [5, 5.41) is 5.10. The van der Waals surface area contributed by atoms with E-state index in [0.29, 0.717) is 33.8 Å². The maximum atomic E-state index is 14.6. The van der Waals surface area contributed by atoms with E-state index in [-0.39, 0.29) is 12.4 Å². The van der Waals surface area contributed by atoms with E-state index in [1.54, 1.807) is 24.3 Å². The zero-order chi connectivity index (χ0) is 24.6. The lowest BCUT2D eigenvalue weighted by Gasteiger charge is -2.37. The summed E-state index contributed by atoms with van der Waals surface area (Å²) in [5.41, 5.74) is 7.64. The van der Waals surface area contributed by atoms with E-state index in [1.165, 1.54) is 11.0 Å². The Kier molecular flexibility index (Phi) is 5.64. The van der Waals surface area contributed by atoms with Crippen LogP contribution in [0.15, 0.2) is 73.6 Å². The Balaban J connectivity index is 1.53. The van der Waals surface area contributed by atoms with Gasteiger partial charge < -0.3 is 15.4 Å². The van der Waals surface area contributed by atoms with Gasteiger partial charge in [0.05, 0.1) is 18.0 Å². The molecule has 0 spiro atoms. The number of likely N-dealkylation sites (tertiary alicyclic amines) is 1. The number of benzene rings is 2. The number of amides is 1. The van der Waals surface area contributed by atoms with Crippen molar-refractivity contribution in [3.8, 4) is 22.8 Å². The first-order chi connectivity index (χ1) is 16.8. The van der Waals surface area contributed by atoms with Gasteiger partial charge >= 0.3 is 0 Å². The number of ether oxygens (including phenoxy) is 1. The summed E-state index contributed by atoms with van der Waals surface area (Å²) < 4.78 is 36.4. The van der Waals surface area contributed by atoms with Gasteiger partial charge in [-0.2, -0.15) is 5.10 Å². The van der Waals surface area contributed by atoms with Crippen LogP contribution in [0, 0.1) is 0 Å². The summed E-state index contributed by atoms with van der Waals surface area (Å²) in [6, 6.07) is 15.7. The number of rotatable bonds is 5. The van der Waals surface area contributed by atoms with Crippen LogP contribution in [0.25, 0.3) is 22.3 Å². The Morgan fingerprint density at radius 2 is 1.83 bits per heavy atom. The van der Waals surface area contributed by atoms with Crippen LogP contribution in [0.2, 0.25) is 0 Å². The molecule has 0 saturated carbocycles. The van der Waals surface area contributed by atoms with Crippen molar-refractivity contribution in [3.63, 3.8) is 0 Å². The number of piperidine rings is 1. The molecule has 2 N–H and O–H groups in total. The number of nitrogen functional groups attached to an aromatic ring is 1. The van der Waals surface area contributed by atoms with Crippen LogP contribution in [0.3, 0.4) is 0 Å². The molecule has 0 unspecified atom stereocenters. The first-order valence-electron chi connectivity index (χ1n) is 11.0. The Labute approximate surface area is 199 Å². The fourth-order valence-corrected chi connectivity index (χ4v) is 4.29. The predicted molar refractivity (Wildman–Crippen MR) is 127 cm³/mol. The highest BCUT2D eigenvalue weighted by atomic mass is 19.3. The SMILES string of the molecule is C=CC(=O)N1C[C@H](n2nc(-c3ccc(Oc4ccccc4)cc3)c3c(N)ncnc32)CC(F)(F)C1. The smallest absolute Gasteiger partial charge is 0.267 e. The minimum atomic E-state index is -3.09. The van der Waals surface area contributed by atoms with Crippen LogP contribution in [0.4, 0.5) is 14.6 Å². The van der Waals surface area contributed by atoms with Gasteiger partial charge in [0.2, 0.25) is 5.91 Å².